The molecule has 0 N–H and O–H groups in total. The predicted octanol–water partition coefficient (Wildman–Crippen LogP) is 2.32. The van der Waals surface area contributed by atoms with Crippen LogP contribution in [0.5, 0.6) is 0 Å². The van der Waals surface area contributed by atoms with Crippen LogP contribution < -0.4 is 0 Å². The maximum atomic E-state index is 10.9. The molecule has 1 heteroatoms. The molecular weight excluding hydrogens is 112 g/mol. The van der Waals surface area contributed by atoms with Crippen LogP contribution in [-0.4, -0.2) is 5.78 Å². The first-order valence-corrected chi connectivity index (χ1v) is 3.44. The zero-order valence-corrected chi connectivity index (χ0v) is 6.40. The summed E-state index contributed by atoms with van der Waals surface area (Å²) in [5.74, 6) is 0.278. The predicted molar refractivity (Wildman–Crippen MR) is 39.3 cm³/mol. The monoisotopic (exact) mass is 126 g/mol. The Morgan fingerprint density at radius 1 is 1.33 bits per heavy atom. The third-order valence-electron chi connectivity index (χ3n) is 1.41. The van der Waals surface area contributed by atoms with Crippen molar-refractivity contribution in [3.63, 3.8) is 0 Å². The Morgan fingerprint density at radius 2 is 1.89 bits per heavy atom. The fraction of sp³-hybridized carbons (Fsp3) is 0.625. The molecule has 0 heterocycles. The van der Waals surface area contributed by atoms with Gasteiger partial charge >= 0.3 is 0 Å². The van der Waals surface area contributed by atoms with Crippen LogP contribution >= 0.6 is 0 Å². The molecule has 9 heavy (non-hydrogen) atoms. The normalized spacial score (nSPS) is 11.7. The van der Waals surface area contributed by atoms with Gasteiger partial charge in [-0.25, -0.2) is 0 Å². The molecule has 0 spiro atoms. The second-order valence-electron chi connectivity index (χ2n) is 1.94. The van der Waals surface area contributed by atoms with Gasteiger partial charge in [0.05, 0.1) is 0 Å². The fourth-order valence-electron chi connectivity index (χ4n) is 0.789. The first kappa shape index (κ1) is 8.41. The highest BCUT2D eigenvalue weighted by atomic mass is 16.1. The van der Waals surface area contributed by atoms with Crippen molar-refractivity contribution in [2.75, 3.05) is 0 Å². The summed E-state index contributed by atoms with van der Waals surface area (Å²) in [7, 11) is 0. The number of carbonyl (C=O) groups excluding carboxylic acids is 1. The first-order valence-electron chi connectivity index (χ1n) is 3.44. The quantitative estimate of drug-likeness (QED) is 0.530. The van der Waals surface area contributed by atoms with E-state index in [2.05, 4.69) is 0 Å². The minimum absolute atomic E-state index is 0.278. The van der Waals surface area contributed by atoms with Gasteiger partial charge in [0.2, 0.25) is 0 Å². The highest BCUT2D eigenvalue weighted by Gasteiger charge is 2.00. The second kappa shape index (κ2) is 4.30. The van der Waals surface area contributed by atoms with Crippen LogP contribution in [0.2, 0.25) is 0 Å². The molecule has 0 radical (unpaired) electrons. The lowest BCUT2D eigenvalue weighted by atomic mass is 10.1. The number of hydrogen-bond acceptors (Lipinski definition) is 1. The summed E-state index contributed by atoms with van der Waals surface area (Å²) >= 11 is 0. The van der Waals surface area contributed by atoms with Gasteiger partial charge in [0.25, 0.3) is 0 Å². The van der Waals surface area contributed by atoms with Crippen LogP contribution in [0.15, 0.2) is 11.6 Å². The molecule has 0 rings (SSSR count). The molecule has 0 saturated carbocycles. The van der Waals surface area contributed by atoms with Gasteiger partial charge < -0.3 is 0 Å². The van der Waals surface area contributed by atoms with Gasteiger partial charge in [-0.15, -0.1) is 0 Å². The Labute approximate surface area is 56.8 Å². The van der Waals surface area contributed by atoms with Crippen molar-refractivity contribution in [3.05, 3.63) is 11.6 Å². The van der Waals surface area contributed by atoms with E-state index in [1.54, 1.807) is 0 Å². The van der Waals surface area contributed by atoms with E-state index in [1.807, 2.05) is 26.8 Å². The molecule has 0 aromatic heterocycles. The van der Waals surface area contributed by atoms with Gasteiger partial charge in [0.15, 0.2) is 5.78 Å². The zero-order chi connectivity index (χ0) is 7.28. The molecule has 0 atom stereocenters. The summed E-state index contributed by atoms with van der Waals surface area (Å²) in [6.07, 6.45) is 3.39. The van der Waals surface area contributed by atoms with Crippen LogP contribution in [0.4, 0.5) is 0 Å². The maximum absolute atomic E-state index is 10.9. The summed E-state index contributed by atoms with van der Waals surface area (Å²) < 4.78 is 0. The van der Waals surface area contributed by atoms with E-state index in [1.165, 1.54) is 0 Å². The van der Waals surface area contributed by atoms with Crippen LogP contribution in [0, 0.1) is 0 Å². The number of carbonyl (C=O) groups is 1. The number of rotatable bonds is 3. The van der Waals surface area contributed by atoms with Gasteiger partial charge in [-0.3, -0.25) is 4.79 Å². The van der Waals surface area contributed by atoms with Crippen LogP contribution in [0.3, 0.4) is 0 Å². The lowest BCUT2D eigenvalue weighted by molar-refractivity contribution is -0.115. The molecule has 0 aliphatic rings. The standard InChI is InChI=1S/C8H14O/c1-4-7(5-2)8(9)6-3/h4H,5-6H2,1-3H3/b7-4-. The van der Waals surface area contributed by atoms with Crippen molar-refractivity contribution in [3.8, 4) is 0 Å². The smallest absolute Gasteiger partial charge is 0.158 e. The van der Waals surface area contributed by atoms with E-state index in [0.29, 0.717) is 6.42 Å². The van der Waals surface area contributed by atoms with Crippen molar-refractivity contribution in [1.29, 1.82) is 0 Å². The van der Waals surface area contributed by atoms with Gasteiger partial charge in [-0.1, -0.05) is 19.9 Å². The molecule has 52 valence electrons. The summed E-state index contributed by atoms with van der Waals surface area (Å²) in [6.45, 7) is 5.80. The number of allylic oxidation sites excluding steroid dienone is 2. The SMILES string of the molecule is C/C=C(/CC)C(=O)CC. The lowest BCUT2D eigenvalue weighted by Crippen LogP contribution is -1.98. The molecule has 0 aliphatic carbocycles. The second-order valence-corrected chi connectivity index (χ2v) is 1.94. The summed E-state index contributed by atoms with van der Waals surface area (Å²) in [4.78, 5) is 10.9. The molecule has 0 aromatic carbocycles. The molecule has 0 bridgehead atoms. The lowest BCUT2D eigenvalue weighted by Gasteiger charge is -1.96. The Balaban J connectivity index is 3.97. The topological polar surface area (TPSA) is 17.1 Å². The first-order chi connectivity index (χ1) is 4.26. The fourth-order valence-corrected chi connectivity index (χ4v) is 0.789. The van der Waals surface area contributed by atoms with Gasteiger partial charge in [-0.05, 0) is 18.9 Å². The highest BCUT2D eigenvalue weighted by Crippen LogP contribution is 2.03. The molecule has 0 aromatic rings. The molecule has 1 nitrogen and oxygen atoms in total. The van der Waals surface area contributed by atoms with Crippen molar-refractivity contribution in [2.24, 2.45) is 0 Å². The zero-order valence-electron chi connectivity index (χ0n) is 6.40. The Hall–Kier alpha value is -0.590. The minimum Gasteiger partial charge on any atom is -0.295 e. The Kier molecular flexibility index (Phi) is 4.02. The van der Waals surface area contributed by atoms with E-state index < -0.39 is 0 Å². The number of ketones is 1. The Morgan fingerprint density at radius 3 is 2.00 bits per heavy atom. The summed E-state index contributed by atoms with van der Waals surface area (Å²) in [6, 6.07) is 0. The van der Waals surface area contributed by atoms with Crippen LogP contribution in [0.25, 0.3) is 0 Å². The largest absolute Gasteiger partial charge is 0.295 e. The van der Waals surface area contributed by atoms with Gasteiger partial charge in [0, 0.05) is 6.42 Å². The third kappa shape index (κ3) is 2.45. The number of Topliss-reactive ketones (excluding diaryl/α,β-unsaturated/α-hetero) is 1. The minimum atomic E-state index is 0.278. The molecule has 0 aliphatic heterocycles. The van der Waals surface area contributed by atoms with Crippen LogP contribution in [0.1, 0.15) is 33.6 Å². The Bertz CT molecular complexity index is 123. The average molecular weight is 126 g/mol. The maximum Gasteiger partial charge on any atom is 0.158 e. The highest BCUT2D eigenvalue weighted by molar-refractivity contribution is 5.94. The van der Waals surface area contributed by atoms with Crippen molar-refractivity contribution >= 4 is 5.78 Å². The number of hydrogen-bond donors (Lipinski definition) is 0. The van der Waals surface area contributed by atoms with E-state index in [0.717, 1.165) is 12.0 Å². The summed E-state index contributed by atoms with van der Waals surface area (Å²) in [5.41, 5.74) is 0.956. The van der Waals surface area contributed by atoms with E-state index in [4.69, 9.17) is 0 Å². The molecule has 0 fully saturated rings. The van der Waals surface area contributed by atoms with Crippen molar-refractivity contribution < 1.29 is 4.79 Å². The third-order valence-corrected chi connectivity index (χ3v) is 1.41. The molecule has 0 amide bonds. The van der Waals surface area contributed by atoms with Crippen molar-refractivity contribution in [1.82, 2.24) is 0 Å². The van der Waals surface area contributed by atoms with Gasteiger partial charge in [-0.2, -0.15) is 0 Å². The molecule has 0 saturated heterocycles. The molecule has 0 unspecified atom stereocenters. The van der Waals surface area contributed by atoms with E-state index in [-0.39, 0.29) is 5.78 Å². The molecular formula is C8H14O. The van der Waals surface area contributed by atoms with E-state index >= 15 is 0 Å². The van der Waals surface area contributed by atoms with E-state index in [9.17, 15) is 4.79 Å². The van der Waals surface area contributed by atoms with Crippen molar-refractivity contribution in [2.45, 2.75) is 33.6 Å². The summed E-state index contributed by atoms with van der Waals surface area (Å²) in [5, 5.41) is 0. The van der Waals surface area contributed by atoms with Gasteiger partial charge in [0.1, 0.15) is 0 Å². The average Bonchev–Trinajstić information content (AvgIpc) is 1.90. The van der Waals surface area contributed by atoms with Crippen LogP contribution in [-0.2, 0) is 4.79 Å².